The molecule has 0 fully saturated rings. The summed E-state index contributed by atoms with van der Waals surface area (Å²) in [5, 5.41) is 15.9. The van der Waals surface area contributed by atoms with Crippen LogP contribution in [-0.2, 0) is 11.2 Å². The summed E-state index contributed by atoms with van der Waals surface area (Å²) < 4.78 is 0. The Bertz CT molecular complexity index is 890. The second-order valence-corrected chi connectivity index (χ2v) is 5.07. The summed E-state index contributed by atoms with van der Waals surface area (Å²) in [7, 11) is 0. The summed E-state index contributed by atoms with van der Waals surface area (Å²) in [5.41, 5.74) is 0.770. The first kappa shape index (κ1) is 14.7. The van der Waals surface area contributed by atoms with Gasteiger partial charge in [0.2, 0.25) is 5.91 Å². The van der Waals surface area contributed by atoms with Crippen LogP contribution in [0.2, 0.25) is 0 Å². The van der Waals surface area contributed by atoms with Crippen molar-refractivity contribution in [3.8, 4) is 0 Å². The maximum absolute atomic E-state index is 12.1. The van der Waals surface area contributed by atoms with Crippen molar-refractivity contribution in [3.05, 3.63) is 72.1 Å². The topological polar surface area (TPSA) is 82.1 Å². The Morgan fingerprint density at radius 3 is 2.57 bits per heavy atom. The highest BCUT2D eigenvalue weighted by Crippen LogP contribution is 2.19. The van der Waals surface area contributed by atoms with Gasteiger partial charge in [0.05, 0.1) is 18.1 Å². The molecule has 5 nitrogen and oxygen atoms in total. The number of pyridine rings is 1. The third-order valence-electron chi connectivity index (χ3n) is 3.47. The number of fused-ring (bicyclic) bond motifs is 1. The van der Waals surface area contributed by atoms with Crippen molar-refractivity contribution in [2.45, 2.75) is 6.42 Å². The number of carbonyl (C=O) groups excluding carboxylic acids is 2. The molecule has 3 rings (SSSR count). The number of rotatable bonds is 4. The molecule has 0 bridgehead atoms. The zero-order valence-corrected chi connectivity index (χ0v) is 12.2. The van der Waals surface area contributed by atoms with Crippen LogP contribution in [0, 0.1) is 0 Å². The fourth-order valence-corrected chi connectivity index (χ4v) is 2.39. The number of hydrogen-bond acceptors (Lipinski definition) is 4. The molecule has 2 aromatic carbocycles. The largest absolute Gasteiger partial charge is 0.545 e. The fourth-order valence-electron chi connectivity index (χ4n) is 2.39. The number of benzene rings is 2. The van der Waals surface area contributed by atoms with Gasteiger partial charge < -0.3 is 15.2 Å². The molecule has 0 aliphatic rings. The van der Waals surface area contributed by atoms with E-state index in [-0.39, 0.29) is 23.6 Å². The summed E-state index contributed by atoms with van der Waals surface area (Å²) in [5.74, 6) is -1.67. The molecular weight excluding hydrogens is 292 g/mol. The number of carboxylic acids is 1. The van der Waals surface area contributed by atoms with E-state index in [1.54, 1.807) is 6.07 Å². The van der Waals surface area contributed by atoms with Crippen LogP contribution >= 0.6 is 0 Å². The highest BCUT2D eigenvalue weighted by atomic mass is 16.4. The van der Waals surface area contributed by atoms with E-state index in [0.29, 0.717) is 5.69 Å². The number of hydrogen-bond donors (Lipinski definition) is 1. The van der Waals surface area contributed by atoms with Crippen molar-refractivity contribution in [2.75, 3.05) is 5.32 Å². The molecule has 0 radical (unpaired) electrons. The van der Waals surface area contributed by atoms with Crippen molar-refractivity contribution in [3.63, 3.8) is 0 Å². The minimum absolute atomic E-state index is 0.0684. The van der Waals surface area contributed by atoms with Crippen LogP contribution in [-0.4, -0.2) is 16.9 Å². The first-order valence-corrected chi connectivity index (χ1v) is 7.07. The molecule has 1 aromatic heterocycles. The predicted molar refractivity (Wildman–Crippen MR) is 84.8 cm³/mol. The lowest BCUT2D eigenvalue weighted by Crippen LogP contribution is -2.26. The number of aromatic nitrogens is 1. The number of amides is 1. The van der Waals surface area contributed by atoms with E-state index < -0.39 is 5.97 Å². The number of carboxylic acid groups (broad SMARTS) is 1. The Morgan fingerprint density at radius 1 is 1.00 bits per heavy atom. The fraction of sp³-hybridized carbons (Fsp3) is 0.0556. The number of nitrogens with one attached hydrogen (secondary N) is 1. The quantitative estimate of drug-likeness (QED) is 0.796. The van der Waals surface area contributed by atoms with E-state index >= 15 is 0 Å². The predicted octanol–water partition coefficient (Wildman–Crippen LogP) is 1.78. The van der Waals surface area contributed by atoms with Gasteiger partial charge in [-0.05, 0) is 35.0 Å². The van der Waals surface area contributed by atoms with Gasteiger partial charge in [-0.25, -0.2) is 0 Å². The number of nitrogens with zero attached hydrogens (tertiary/aromatic N) is 1. The summed E-state index contributed by atoms with van der Waals surface area (Å²) in [6.07, 6.45) is 1.32. The molecule has 0 atom stereocenters. The highest BCUT2D eigenvalue weighted by molar-refractivity contribution is 5.97. The first-order valence-electron chi connectivity index (χ1n) is 7.07. The van der Waals surface area contributed by atoms with Gasteiger partial charge in [0.15, 0.2) is 0 Å². The van der Waals surface area contributed by atoms with Crippen molar-refractivity contribution in [2.24, 2.45) is 0 Å². The first-order chi connectivity index (χ1) is 11.1. The Morgan fingerprint density at radius 2 is 1.78 bits per heavy atom. The maximum Gasteiger partial charge on any atom is 0.230 e. The molecule has 3 aromatic rings. The zero-order valence-electron chi connectivity index (χ0n) is 12.2. The summed E-state index contributed by atoms with van der Waals surface area (Å²) in [4.78, 5) is 27.1. The van der Waals surface area contributed by atoms with Gasteiger partial charge >= 0.3 is 0 Å². The second-order valence-electron chi connectivity index (χ2n) is 5.07. The smallest absolute Gasteiger partial charge is 0.230 e. The Labute approximate surface area is 132 Å². The van der Waals surface area contributed by atoms with Gasteiger partial charge in [0.25, 0.3) is 0 Å². The Balaban J connectivity index is 1.77. The van der Waals surface area contributed by atoms with E-state index in [1.807, 2.05) is 36.4 Å². The monoisotopic (exact) mass is 305 g/mol. The molecule has 0 aliphatic carbocycles. The lowest BCUT2D eigenvalue weighted by molar-refractivity contribution is -0.255. The minimum atomic E-state index is -1.34. The molecule has 1 N–H and O–H groups in total. The van der Waals surface area contributed by atoms with Gasteiger partial charge in [-0.2, -0.15) is 0 Å². The number of carbonyl (C=O) groups is 2. The lowest BCUT2D eigenvalue weighted by Gasteiger charge is -2.10. The molecule has 1 heterocycles. The molecule has 0 saturated carbocycles. The SMILES string of the molecule is O=C(Cc1ncccc1C(=O)[O-])Nc1ccc2ccccc2c1. The third-order valence-corrected chi connectivity index (χ3v) is 3.47. The van der Waals surface area contributed by atoms with Gasteiger partial charge in [-0.15, -0.1) is 0 Å². The van der Waals surface area contributed by atoms with Gasteiger partial charge in [0, 0.05) is 17.4 Å². The van der Waals surface area contributed by atoms with Crippen LogP contribution in [0.25, 0.3) is 10.8 Å². The summed E-state index contributed by atoms with van der Waals surface area (Å²) in [6.45, 7) is 0. The zero-order chi connectivity index (χ0) is 16.2. The lowest BCUT2D eigenvalue weighted by atomic mass is 10.1. The number of anilines is 1. The molecule has 114 valence electrons. The van der Waals surface area contributed by atoms with Crippen molar-refractivity contribution in [1.29, 1.82) is 0 Å². The van der Waals surface area contributed by atoms with Crippen molar-refractivity contribution < 1.29 is 14.7 Å². The normalized spacial score (nSPS) is 10.4. The average Bonchev–Trinajstić information content (AvgIpc) is 2.55. The molecule has 0 saturated heterocycles. The van der Waals surface area contributed by atoms with Crippen LogP contribution in [0.3, 0.4) is 0 Å². The maximum atomic E-state index is 12.1. The van der Waals surface area contributed by atoms with E-state index in [9.17, 15) is 14.7 Å². The van der Waals surface area contributed by atoms with Gasteiger partial charge in [-0.3, -0.25) is 9.78 Å². The second kappa shape index (κ2) is 6.27. The van der Waals surface area contributed by atoms with Crippen LogP contribution in [0.4, 0.5) is 5.69 Å². The molecule has 0 spiro atoms. The Kier molecular flexibility index (Phi) is 4.01. The Hall–Kier alpha value is -3.21. The number of aromatic carboxylic acids is 1. The van der Waals surface area contributed by atoms with E-state index in [0.717, 1.165) is 10.8 Å². The molecule has 0 aliphatic heterocycles. The van der Waals surface area contributed by atoms with E-state index in [1.165, 1.54) is 18.3 Å². The molecular formula is C18H13N2O3-. The third kappa shape index (κ3) is 3.35. The molecule has 1 amide bonds. The summed E-state index contributed by atoms with van der Waals surface area (Å²) in [6, 6.07) is 16.3. The van der Waals surface area contributed by atoms with Crippen molar-refractivity contribution >= 4 is 28.3 Å². The molecule has 23 heavy (non-hydrogen) atoms. The standard InChI is InChI=1S/C18H14N2O3/c21-17(11-16-15(18(22)23)6-3-9-19-16)20-14-8-7-12-4-1-2-5-13(12)10-14/h1-10H,11H2,(H,20,21)(H,22,23)/p-1. The van der Waals surface area contributed by atoms with Crippen molar-refractivity contribution in [1.82, 2.24) is 4.98 Å². The van der Waals surface area contributed by atoms with Crippen LogP contribution in [0.15, 0.2) is 60.8 Å². The molecule has 0 unspecified atom stereocenters. The van der Waals surface area contributed by atoms with E-state index in [4.69, 9.17) is 0 Å². The van der Waals surface area contributed by atoms with Gasteiger partial charge in [-0.1, -0.05) is 30.3 Å². The summed E-state index contributed by atoms with van der Waals surface area (Å²) >= 11 is 0. The highest BCUT2D eigenvalue weighted by Gasteiger charge is 2.10. The van der Waals surface area contributed by atoms with E-state index in [2.05, 4.69) is 10.3 Å². The van der Waals surface area contributed by atoms with Crippen LogP contribution in [0.5, 0.6) is 0 Å². The average molecular weight is 305 g/mol. The minimum Gasteiger partial charge on any atom is -0.545 e. The molecule has 5 heteroatoms. The van der Waals surface area contributed by atoms with Crippen LogP contribution < -0.4 is 10.4 Å². The van der Waals surface area contributed by atoms with Crippen LogP contribution in [0.1, 0.15) is 16.1 Å². The van der Waals surface area contributed by atoms with Gasteiger partial charge in [0.1, 0.15) is 0 Å².